The molecule has 0 aliphatic carbocycles. The molecule has 7 nitrogen and oxygen atoms in total. The van der Waals surface area contributed by atoms with E-state index < -0.39 is 7.82 Å². The quantitative estimate of drug-likeness (QED) is 0.0551. The standard InChI is InChI=1S/C29H58NO6P/c1-4-6-7-8-9-10-11-12-13-14-15-16-17-18-19-20-25-35-37(32,33)36-26-24-30(3)23-21-22-28(27-30)29(31)34-5-2/h28H,4-27H2,1-3H3. The van der Waals surface area contributed by atoms with Crippen molar-refractivity contribution in [3.63, 3.8) is 0 Å². The second-order valence-electron chi connectivity index (χ2n) is 11.3. The first-order valence-electron chi connectivity index (χ1n) is 15.4. The van der Waals surface area contributed by atoms with E-state index in [0.29, 0.717) is 24.2 Å². The van der Waals surface area contributed by atoms with E-state index in [2.05, 4.69) is 6.92 Å². The molecule has 1 aliphatic rings. The Kier molecular flexibility index (Phi) is 20.0. The fourth-order valence-corrected chi connectivity index (χ4v) is 6.06. The number of hydrogen-bond donors (Lipinski definition) is 0. The van der Waals surface area contributed by atoms with Crippen LogP contribution in [0.3, 0.4) is 0 Å². The van der Waals surface area contributed by atoms with Gasteiger partial charge in [-0.05, 0) is 26.2 Å². The van der Waals surface area contributed by atoms with Gasteiger partial charge < -0.3 is 23.2 Å². The number of rotatable bonds is 24. The molecule has 3 unspecified atom stereocenters. The van der Waals surface area contributed by atoms with E-state index in [-0.39, 0.29) is 25.1 Å². The third-order valence-corrected chi connectivity index (χ3v) is 8.66. The number of quaternary nitrogens is 1. The summed E-state index contributed by atoms with van der Waals surface area (Å²) in [6.45, 7) is 6.83. The zero-order valence-electron chi connectivity index (χ0n) is 24.4. The van der Waals surface area contributed by atoms with Crippen molar-refractivity contribution in [2.24, 2.45) is 5.92 Å². The van der Waals surface area contributed by atoms with E-state index in [1.807, 2.05) is 14.0 Å². The molecule has 0 aromatic carbocycles. The molecule has 0 bridgehead atoms. The number of carbonyl (C=O) groups excluding carboxylic acids is 1. The Labute approximate surface area is 228 Å². The molecule has 0 amide bonds. The van der Waals surface area contributed by atoms with Gasteiger partial charge in [-0.1, -0.05) is 103 Å². The van der Waals surface area contributed by atoms with Crippen molar-refractivity contribution in [3.8, 4) is 0 Å². The zero-order valence-corrected chi connectivity index (χ0v) is 25.3. The highest BCUT2D eigenvalue weighted by Gasteiger charge is 2.35. The number of carbonyl (C=O) groups is 1. The lowest BCUT2D eigenvalue weighted by atomic mass is 9.96. The van der Waals surface area contributed by atoms with E-state index in [1.54, 1.807) is 0 Å². The van der Waals surface area contributed by atoms with Crippen LogP contribution in [0.4, 0.5) is 0 Å². The summed E-state index contributed by atoms with van der Waals surface area (Å²) >= 11 is 0. The van der Waals surface area contributed by atoms with Crippen LogP contribution in [0.1, 0.15) is 129 Å². The molecular formula is C29H58NO6P. The minimum Gasteiger partial charge on any atom is -0.756 e. The fraction of sp³-hybridized carbons (Fsp3) is 0.966. The molecule has 1 rings (SSSR count). The van der Waals surface area contributed by atoms with Gasteiger partial charge in [-0.25, -0.2) is 0 Å². The van der Waals surface area contributed by atoms with Crippen molar-refractivity contribution in [2.45, 2.75) is 129 Å². The Hall–Kier alpha value is -0.460. The number of phosphoric ester groups is 1. The van der Waals surface area contributed by atoms with Crippen LogP contribution in [0.15, 0.2) is 0 Å². The number of ether oxygens (including phenoxy) is 1. The molecule has 0 aromatic rings. The molecule has 37 heavy (non-hydrogen) atoms. The van der Waals surface area contributed by atoms with E-state index in [1.165, 1.54) is 83.5 Å². The molecule has 1 saturated heterocycles. The number of esters is 1. The van der Waals surface area contributed by atoms with Crippen LogP contribution in [0.5, 0.6) is 0 Å². The van der Waals surface area contributed by atoms with Crippen molar-refractivity contribution in [3.05, 3.63) is 0 Å². The molecule has 0 aromatic heterocycles. The maximum Gasteiger partial charge on any atom is 0.314 e. The first-order valence-corrected chi connectivity index (χ1v) is 16.9. The summed E-state index contributed by atoms with van der Waals surface area (Å²) in [6.07, 6.45) is 22.3. The van der Waals surface area contributed by atoms with E-state index in [9.17, 15) is 14.3 Å². The Balaban J connectivity index is 1.96. The third-order valence-electron chi connectivity index (χ3n) is 7.66. The van der Waals surface area contributed by atoms with Crippen molar-refractivity contribution >= 4 is 13.8 Å². The highest BCUT2D eigenvalue weighted by molar-refractivity contribution is 7.45. The summed E-state index contributed by atoms with van der Waals surface area (Å²) in [4.78, 5) is 24.2. The predicted molar refractivity (Wildman–Crippen MR) is 149 cm³/mol. The van der Waals surface area contributed by atoms with Crippen LogP contribution in [0, 0.1) is 5.92 Å². The van der Waals surface area contributed by atoms with Crippen LogP contribution in [-0.2, 0) is 23.1 Å². The second kappa shape index (κ2) is 21.4. The molecule has 0 saturated carbocycles. The predicted octanol–water partition coefficient (Wildman–Crippen LogP) is 7.17. The van der Waals surface area contributed by atoms with Crippen molar-refractivity contribution in [1.82, 2.24) is 0 Å². The van der Waals surface area contributed by atoms with E-state index in [0.717, 1.165) is 38.6 Å². The lowest BCUT2D eigenvalue weighted by Crippen LogP contribution is -2.54. The summed E-state index contributed by atoms with van der Waals surface area (Å²) < 4.78 is 28.0. The molecule has 220 valence electrons. The van der Waals surface area contributed by atoms with Gasteiger partial charge in [-0.3, -0.25) is 9.36 Å². The SMILES string of the molecule is CCCCCCCCCCCCCCCCCCOP(=O)([O-])OCC[N+]1(C)CCCC(C(=O)OCC)C1. The topological polar surface area (TPSA) is 84.9 Å². The Morgan fingerprint density at radius 3 is 1.81 bits per heavy atom. The van der Waals surface area contributed by atoms with Gasteiger partial charge in [-0.15, -0.1) is 0 Å². The first-order chi connectivity index (χ1) is 17.8. The lowest BCUT2D eigenvalue weighted by Gasteiger charge is -2.40. The summed E-state index contributed by atoms with van der Waals surface area (Å²) in [7, 11) is -2.23. The zero-order chi connectivity index (χ0) is 27.2. The Bertz CT molecular complexity index is 619. The van der Waals surface area contributed by atoms with Gasteiger partial charge in [0.1, 0.15) is 19.1 Å². The minimum absolute atomic E-state index is 0.0752. The Morgan fingerprint density at radius 1 is 0.811 bits per heavy atom. The van der Waals surface area contributed by atoms with Crippen LogP contribution in [-0.4, -0.2) is 57.0 Å². The van der Waals surface area contributed by atoms with Gasteiger partial charge in [0.25, 0.3) is 7.82 Å². The smallest absolute Gasteiger partial charge is 0.314 e. The molecule has 0 N–H and O–H groups in total. The van der Waals surface area contributed by atoms with Gasteiger partial charge in [0.15, 0.2) is 0 Å². The minimum atomic E-state index is -4.28. The average molecular weight is 548 g/mol. The largest absolute Gasteiger partial charge is 0.756 e. The molecule has 1 fully saturated rings. The number of nitrogens with zero attached hydrogens (tertiary/aromatic N) is 1. The number of hydrogen-bond acceptors (Lipinski definition) is 6. The number of unbranched alkanes of at least 4 members (excludes halogenated alkanes) is 15. The van der Waals surface area contributed by atoms with E-state index in [4.69, 9.17) is 13.8 Å². The molecule has 3 atom stereocenters. The van der Waals surface area contributed by atoms with Gasteiger partial charge in [0, 0.05) is 0 Å². The van der Waals surface area contributed by atoms with Crippen LogP contribution in [0.25, 0.3) is 0 Å². The summed E-state index contributed by atoms with van der Waals surface area (Å²) in [5.41, 5.74) is 0. The lowest BCUT2D eigenvalue weighted by molar-refractivity contribution is -0.916. The highest BCUT2D eigenvalue weighted by Crippen LogP contribution is 2.38. The van der Waals surface area contributed by atoms with Crippen molar-refractivity contribution < 1.29 is 32.5 Å². The van der Waals surface area contributed by atoms with Crippen LogP contribution < -0.4 is 4.89 Å². The normalized spacial score (nSPS) is 21.6. The van der Waals surface area contributed by atoms with Crippen LogP contribution in [0.2, 0.25) is 0 Å². The molecule has 1 aliphatic heterocycles. The molecule has 1 heterocycles. The first kappa shape index (κ1) is 34.6. The van der Waals surface area contributed by atoms with Gasteiger partial charge in [0.05, 0.1) is 33.4 Å². The van der Waals surface area contributed by atoms with Crippen molar-refractivity contribution in [1.29, 1.82) is 0 Å². The number of likely N-dealkylation sites (tertiary alicyclic amines) is 1. The number of likely N-dealkylation sites (N-methyl/N-ethyl adjacent to an activating group) is 1. The van der Waals surface area contributed by atoms with Gasteiger partial charge in [-0.2, -0.15) is 0 Å². The summed E-state index contributed by atoms with van der Waals surface area (Å²) in [5.74, 6) is -0.270. The molecule has 0 spiro atoms. The van der Waals surface area contributed by atoms with Gasteiger partial charge in [0.2, 0.25) is 0 Å². The monoisotopic (exact) mass is 547 g/mol. The van der Waals surface area contributed by atoms with Crippen molar-refractivity contribution in [2.75, 3.05) is 46.5 Å². The summed E-state index contributed by atoms with van der Waals surface area (Å²) in [6, 6.07) is 0. The average Bonchev–Trinajstić information content (AvgIpc) is 2.86. The molecule has 0 radical (unpaired) electrons. The summed E-state index contributed by atoms with van der Waals surface area (Å²) in [5, 5.41) is 0. The Morgan fingerprint density at radius 2 is 1.30 bits per heavy atom. The maximum absolute atomic E-state index is 12.1. The maximum atomic E-state index is 12.1. The van der Waals surface area contributed by atoms with E-state index >= 15 is 0 Å². The van der Waals surface area contributed by atoms with Gasteiger partial charge >= 0.3 is 5.97 Å². The van der Waals surface area contributed by atoms with Crippen LogP contribution >= 0.6 is 7.82 Å². The molecular weight excluding hydrogens is 489 g/mol. The highest BCUT2D eigenvalue weighted by atomic mass is 31.2. The number of piperidine rings is 1. The number of phosphoric acid groups is 1. The second-order valence-corrected chi connectivity index (χ2v) is 12.7. The third kappa shape index (κ3) is 18.5. The fourth-order valence-electron chi connectivity index (χ4n) is 5.33. The molecule has 8 heteroatoms.